The van der Waals surface area contributed by atoms with Crippen LogP contribution >= 0.6 is 33.2 Å². The van der Waals surface area contributed by atoms with Crippen molar-refractivity contribution in [2.75, 3.05) is 0 Å². The summed E-state index contributed by atoms with van der Waals surface area (Å²) in [5.41, 5.74) is 0.523. The number of halogens is 3. The van der Waals surface area contributed by atoms with E-state index in [0.29, 0.717) is 15.6 Å². The van der Waals surface area contributed by atoms with Crippen LogP contribution in [0.15, 0.2) is 18.2 Å². The van der Waals surface area contributed by atoms with Crippen LogP contribution in [0.3, 0.4) is 0 Å². The molecule has 1 aromatic carbocycles. The monoisotopic (exact) mass is 280 g/mol. The van der Waals surface area contributed by atoms with Gasteiger partial charge in [0.2, 0.25) is 0 Å². The van der Waals surface area contributed by atoms with Crippen molar-refractivity contribution in [1.82, 2.24) is 0 Å². The molecule has 0 N–H and O–H groups in total. The van der Waals surface area contributed by atoms with Crippen molar-refractivity contribution in [3.05, 3.63) is 33.8 Å². The third-order valence-corrected chi connectivity index (χ3v) is 1.79. The van der Waals surface area contributed by atoms with E-state index in [2.05, 4.69) is 10.0 Å². The molecule has 1 aromatic rings. The Morgan fingerprint density at radius 1 is 1.17 bits per heavy atom. The summed E-state index contributed by atoms with van der Waals surface area (Å²) in [6.45, 7) is 0. The molecule has 0 saturated carbocycles. The molecule has 5 heteroatoms. The van der Waals surface area contributed by atoms with Gasteiger partial charge in [-0.05, 0) is 18.2 Å². The van der Waals surface area contributed by atoms with Gasteiger partial charge in [-0.3, -0.25) is 0 Å². The van der Waals surface area contributed by atoms with Gasteiger partial charge in [-0.15, -0.1) is 0 Å². The molecule has 1 nitrogen and oxygen atoms in total. The van der Waals surface area contributed by atoms with Gasteiger partial charge >= 0.3 is 25.6 Å². The molecule has 61 valence electrons. The van der Waals surface area contributed by atoms with Gasteiger partial charge in [-0.2, -0.15) is 5.26 Å². The van der Waals surface area contributed by atoms with Crippen LogP contribution in [-0.2, 0) is 0 Å². The molecule has 3 radical (unpaired) electrons. The van der Waals surface area contributed by atoms with Crippen molar-refractivity contribution in [1.29, 1.82) is 5.26 Å². The molecular formula is C7H3Cl3GeN. The van der Waals surface area contributed by atoms with Crippen molar-refractivity contribution in [3.63, 3.8) is 0 Å². The molecule has 0 aliphatic heterocycles. The van der Waals surface area contributed by atoms with E-state index in [4.69, 9.17) is 28.5 Å². The van der Waals surface area contributed by atoms with Gasteiger partial charge in [0, 0.05) is 0 Å². The Balaban J connectivity index is 0.000000561. The molecule has 0 spiro atoms. The van der Waals surface area contributed by atoms with Crippen LogP contribution in [-0.4, -0.2) is 15.6 Å². The third kappa shape index (κ3) is 3.68. The summed E-state index contributed by atoms with van der Waals surface area (Å²) in [7, 11) is 4.64. The standard InChI is InChI=1S/C7H3Cl2N.ClGe/c8-6-2-1-5(4-10)3-7(6)9;1-2/h1-3H;. The van der Waals surface area contributed by atoms with Gasteiger partial charge in [-0.1, -0.05) is 23.2 Å². The van der Waals surface area contributed by atoms with E-state index in [0.717, 1.165) is 0 Å². The summed E-state index contributed by atoms with van der Waals surface area (Å²) >= 11 is 12.7. The van der Waals surface area contributed by atoms with Crippen LogP contribution < -0.4 is 0 Å². The average molecular weight is 280 g/mol. The predicted octanol–water partition coefficient (Wildman–Crippen LogP) is 3.17. The zero-order chi connectivity index (χ0) is 9.56. The number of nitrogens with zero attached hydrogens (tertiary/aromatic N) is 1. The Morgan fingerprint density at radius 3 is 2.17 bits per heavy atom. The number of benzene rings is 1. The summed E-state index contributed by atoms with van der Waals surface area (Å²) in [4.78, 5) is 0. The normalized spacial score (nSPS) is 7.92. The molecule has 12 heavy (non-hydrogen) atoms. The minimum absolute atomic E-state index is 0.417. The molecule has 0 aliphatic carbocycles. The molecule has 0 bridgehead atoms. The maximum absolute atomic E-state index is 8.40. The predicted molar refractivity (Wildman–Crippen MR) is 52.8 cm³/mol. The van der Waals surface area contributed by atoms with Crippen LogP contribution in [0.4, 0.5) is 0 Å². The Labute approximate surface area is 93.6 Å². The number of rotatable bonds is 0. The van der Waals surface area contributed by atoms with Crippen molar-refractivity contribution in [3.8, 4) is 6.07 Å². The quantitative estimate of drug-likeness (QED) is 0.670. The van der Waals surface area contributed by atoms with E-state index in [1.54, 1.807) is 12.1 Å². The first-order chi connectivity index (χ1) is 5.74. The van der Waals surface area contributed by atoms with Crippen molar-refractivity contribution in [2.24, 2.45) is 0 Å². The summed E-state index contributed by atoms with van der Waals surface area (Å²) in [5, 5.41) is 9.29. The fourth-order valence-corrected chi connectivity index (χ4v) is 0.864. The molecule has 0 heterocycles. The van der Waals surface area contributed by atoms with Crippen molar-refractivity contribution in [2.45, 2.75) is 0 Å². The fourth-order valence-electron chi connectivity index (χ4n) is 0.566. The molecule has 1 rings (SSSR count). The van der Waals surface area contributed by atoms with Crippen molar-refractivity contribution < 1.29 is 0 Å². The van der Waals surface area contributed by atoms with Crippen LogP contribution in [0.1, 0.15) is 5.56 Å². The first-order valence-electron chi connectivity index (χ1n) is 2.78. The average Bonchev–Trinajstić information content (AvgIpc) is 2.13. The molecule has 0 unspecified atom stereocenters. The first kappa shape index (κ1) is 12.1. The minimum atomic E-state index is 0.417. The number of hydrogen-bond acceptors (Lipinski definition) is 1. The first-order valence-corrected chi connectivity index (χ1v) is 6.29. The van der Waals surface area contributed by atoms with Crippen LogP contribution in [0.25, 0.3) is 0 Å². The van der Waals surface area contributed by atoms with Gasteiger partial charge in [0.1, 0.15) is 0 Å². The van der Waals surface area contributed by atoms with E-state index in [1.165, 1.54) is 21.7 Å². The SMILES string of the molecule is N#Cc1ccc(Cl)c(Cl)c1.[Cl][Ge]. The zero-order valence-electron chi connectivity index (χ0n) is 5.81. The zero-order valence-corrected chi connectivity index (χ0v) is 10.2. The Bertz CT molecular complexity index is 295. The molecule has 0 aliphatic rings. The topological polar surface area (TPSA) is 23.8 Å². The molecule has 0 amide bonds. The van der Waals surface area contributed by atoms with Gasteiger partial charge < -0.3 is 0 Å². The van der Waals surface area contributed by atoms with Gasteiger partial charge in [-0.25, -0.2) is 0 Å². The second-order valence-electron chi connectivity index (χ2n) is 1.74. The maximum atomic E-state index is 8.40. The van der Waals surface area contributed by atoms with E-state index >= 15 is 0 Å². The van der Waals surface area contributed by atoms with Crippen LogP contribution in [0, 0.1) is 11.3 Å². The van der Waals surface area contributed by atoms with Crippen molar-refractivity contribution >= 4 is 48.8 Å². The Morgan fingerprint density at radius 2 is 1.75 bits per heavy atom. The molecule has 0 aromatic heterocycles. The number of nitriles is 1. The third-order valence-electron chi connectivity index (χ3n) is 1.05. The van der Waals surface area contributed by atoms with E-state index in [9.17, 15) is 0 Å². The summed E-state index contributed by atoms with van der Waals surface area (Å²) in [5.74, 6) is 0. The summed E-state index contributed by atoms with van der Waals surface area (Å²) in [6, 6.07) is 6.70. The summed E-state index contributed by atoms with van der Waals surface area (Å²) in [6.07, 6.45) is 0. The summed E-state index contributed by atoms with van der Waals surface area (Å²) < 4.78 is 0. The molecule has 0 atom stereocenters. The molecule has 0 saturated heterocycles. The second-order valence-corrected chi connectivity index (χ2v) is 2.56. The van der Waals surface area contributed by atoms with E-state index in [1.807, 2.05) is 6.07 Å². The Kier molecular flexibility index (Phi) is 6.69. The Hall–Kier alpha value is 0.123. The fraction of sp³-hybridized carbons (Fsp3) is 0. The van der Waals surface area contributed by atoms with E-state index < -0.39 is 0 Å². The van der Waals surface area contributed by atoms with E-state index in [-0.39, 0.29) is 0 Å². The van der Waals surface area contributed by atoms with Crippen LogP contribution in [0.5, 0.6) is 0 Å². The molecule has 0 fully saturated rings. The second kappa shape index (κ2) is 6.62. The number of hydrogen-bond donors (Lipinski definition) is 0. The van der Waals surface area contributed by atoms with Gasteiger partial charge in [0.25, 0.3) is 0 Å². The van der Waals surface area contributed by atoms with Crippen LogP contribution in [0.2, 0.25) is 10.0 Å². The van der Waals surface area contributed by atoms with Gasteiger partial charge in [0.05, 0.1) is 21.7 Å². The molecular weight excluding hydrogens is 277 g/mol. The van der Waals surface area contributed by atoms with Gasteiger partial charge in [0.15, 0.2) is 0 Å².